The van der Waals surface area contributed by atoms with Crippen molar-refractivity contribution in [1.29, 1.82) is 5.26 Å². The normalized spacial score (nSPS) is 15.4. The van der Waals surface area contributed by atoms with Crippen molar-refractivity contribution < 1.29 is 14.7 Å². The topological polar surface area (TPSA) is 119 Å². The average molecular weight is 324 g/mol. The van der Waals surface area contributed by atoms with Gasteiger partial charge in [-0.1, -0.05) is 25.0 Å². The van der Waals surface area contributed by atoms with Crippen LogP contribution in [0.25, 0.3) is 17.0 Å². The third-order valence-electron chi connectivity index (χ3n) is 4.18. The number of hydrogen-bond acceptors (Lipinski definition) is 4. The molecular formula is C17H16N4O3. The highest BCUT2D eigenvalue weighted by Crippen LogP contribution is 2.23. The molecule has 0 radical (unpaired) electrons. The zero-order valence-electron chi connectivity index (χ0n) is 12.9. The minimum absolute atomic E-state index is 0.0491. The van der Waals surface area contributed by atoms with E-state index >= 15 is 0 Å². The fraction of sp³-hybridized carbons (Fsp3) is 0.294. The number of aromatic nitrogens is 2. The van der Waals surface area contributed by atoms with Crippen LogP contribution in [0.5, 0.6) is 0 Å². The van der Waals surface area contributed by atoms with Crippen molar-refractivity contribution in [2.45, 2.75) is 31.7 Å². The van der Waals surface area contributed by atoms with Crippen LogP contribution in [-0.2, 0) is 4.79 Å². The first-order valence-corrected chi connectivity index (χ1v) is 7.73. The number of hydrogen-bond donors (Lipinski definition) is 3. The lowest BCUT2D eigenvalue weighted by Gasteiger charge is -2.11. The van der Waals surface area contributed by atoms with Crippen molar-refractivity contribution in [3.8, 4) is 6.07 Å². The fourth-order valence-corrected chi connectivity index (χ4v) is 3.01. The van der Waals surface area contributed by atoms with E-state index in [2.05, 4.69) is 15.5 Å². The van der Waals surface area contributed by atoms with E-state index in [9.17, 15) is 20.0 Å². The van der Waals surface area contributed by atoms with Crippen molar-refractivity contribution in [3.05, 3.63) is 35.0 Å². The first-order chi connectivity index (χ1) is 11.6. The van der Waals surface area contributed by atoms with Crippen LogP contribution in [-0.4, -0.2) is 33.2 Å². The summed E-state index contributed by atoms with van der Waals surface area (Å²) in [6.45, 7) is 0. The third kappa shape index (κ3) is 2.99. The zero-order valence-corrected chi connectivity index (χ0v) is 12.9. The summed E-state index contributed by atoms with van der Waals surface area (Å²) in [6, 6.07) is 7.06. The van der Waals surface area contributed by atoms with Crippen LogP contribution >= 0.6 is 0 Å². The van der Waals surface area contributed by atoms with E-state index in [1.54, 1.807) is 18.2 Å². The molecular weight excluding hydrogens is 308 g/mol. The lowest BCUT2D eigenvalue weighted by atomic mass is 10.0. The summed E-state index contributed by atoms with van der Waals surface area (Å²) in [5.74, 6) is -1.60. The van der Waals surface area contributed by atoms with E-state index < -0.39 is 11.9 Å². The maximum atomic E-state index is 12.3. The number of amides is 1. The second-order valence-electron chi connectivity index (χ2n) is 5.77. The molecule has 0 saturated heterocycles. The predicted octanol–water partition coefficient (Wildman–Crippen LogP) is 2.23. The largest absolute Gasteiger partial charge is 0.476 e. The second-order valence-corrected chi connectivity index (χ2v) is 5.77. The van der Waals surface area contributed by atoms with E-state index in [-0.39, 0.29) is 17.3 Å². The highest BCUT2D eigenvalue weighted by molar-refractivity contribution is 6.08. The molecule has 3 rings (SSSR count). The molecule has 7 nitrogen and oxygen atoms in total. The SMILES string of the molecule is N#C/C(=C/c1cccc2[nH]nc(C(=O)O)c12)C(=O)NC1CCCC1. The Morgan fingerprint density at radius 3 is 2.79 bits per heavy atom. The van der Waals surface area contributed by atoms with Gasteiger partial charge in [-0.2, -0.15) is 10.4 Å². The summed E-state index contributed by atoms with van der Waals surface area (Å²) < 4.78 is 0. The number of H-pyrrole nitrogens is 1. The van der Waals surface area contributed by atoms with Crippen molar-refractivity contribution in [1.82, 2.24) is 15.5 Å². The molecule has 1 aliphatic rings. The minimum atomic E-state index is -1.17. The van der Waals surface area contributed by atoms with Crippen molar-refractivity contribution in [2.24, 2.45) is 0 Å². The van der Waals surface area contributed by atoms with E-state index in [0.717, 1.165) is 25.7 Å². The quantitative estimate of drug-likeness (QED) is 0.588. The summed E-state index contributed by atoms with van der Waals surface area (Å²) in [4.78, 5) is 23.6. The Morgan fingerprint density at radius 2 is 2.12 bits per heavy atom. The summed E-state index contributed by atoms with van der Waals surface area (Å²) in [7, 11) is 0. The van der Waals surface area contributed by atoms with Gasteiger partial charge in [0.05, 0.1) is 5.52 Å². The van der Waals surface area contributed by atoms with Crippen molar-refractivity contribution >= 4 is 28.9 Å². The molecule has 1 aliphatic carbocycles. The molecule has 0 spiro atoms. The maximum Gasteiger partial charge on any atom is 0.357 e. The number of benzene rings is 1. The number of carbonyl (C=O) groups is 2. The van der Waals surface area contributed by atoms with Crippen LogP contribution in [0.2, 0.25) is 0 Å². The molecule has 1 amide bonds. The van der Waals surface area contributed by atoms with Crippen molar-refractivity contribution in [2.75, 3.05) is 0 Å². The molecule has 1 saturated carbocycles. The lowest BCUT2D eigenvalue weighted by molar-refractivity contribution is -0.117. The predicted molar refractivity (Wildman–Crippen MR) is 87.0 cm³/mol. The number of rotatable bonds is 4. The second kappa shape index (κ2) is 6.54. The maximum absolute atomic E-state index is 12.3. The average Bonchev–Trinajstić information content (AvgIpc) is 3.21. The molecule has 0 bridgehead atoms. The fourth-order valence-electron chi connectivity index (χ4n) is 3.01. The summed E-state index contributed by atoms with van der Waals surface area (Å²) in [5, 5.41) is 28.2. The van der Waals surface area contributed by atoms with E-state index in [0.29, 0.717) is 16.5 Å². The number of aromatic amines is 1. The van der Waals surface area contributed by atoms with E-state index in [1.165, 1.54) is 6.08 Å². The van der Waals surface area contributed by atoms with Crippen molar-refractivity contribution in [3.63, 3.8) is 0 Å². The number of nitrogens with one attached hydrogen (secondary N) is 2. The van der Waals surface area contributed by atoms with Gasteiger partial charge in [0.2, 0.25) is 0 Å². The van der Waals surface area contributed by atoms with Crippen LogP contribution in [0.4, 0.5) is 0 Å². The summed E-state index contributed by atoms with van der Waals surface area (Å²) in [5.41, 5.74) is 0.823. The molecule has 7 heteroatoms. The number of fused-ring (bicyclic) bond motifs is 1. The van der Waals surface area contributed by atoms with Gasteiger partial charge in [-0.3, -0.25) is 9.89 Å². The Bertz CT molecular complexity index is 870. The van der Waals surface area contributed by atoms with Crippen LogP contribution in [0.15, 0.2) is 23.8 Å². The Morgan fingerprint density at radius 1 is 1.38 bits per heavy atom. The first-order valence-electron chi connectivity index (χ1n) is 7.73. The molecule has 1 heterocycles. The molecule has 1 aromatic heterocycles. The van der Waals surface area contributed by atoms with Gasteiger partial charge in [0.25, 0.3) is 5.91 Å². The molecule has 24 heavy (non-hydrogen) atoms. The van der Waals surface area contributed by atoms with Crippen LogP contribution in [0.1, 0.15) is 41.7 Å². The van der Waals surface area contributed by atoms with Crippen LogP contribution < -0.4 is 5.32 Å². The number of nitrogens with zero attached hydrogens (tertiary/aromatic N) is 2. The molecule has 1 fully saturated rings. The van der Waals surface area contributed by atoms with Crippen LogP contribution in [0.3, 0.4) is 0 Å². The Labute approximate surface area is 138 Å². The van der Waals surface area contributed by atoms with Gasteiger partial charge in [-0.05, 0) is 30.5 Å². The summed E-state index contributed by atoms with van der Waals surface area (Å²) in [6.07, 6.45) is 5.41. The molecule has 0 atom stereocenters. The standard InChI is InChI=1S/C17H16N4O3/c18-9-11(16(22)19-12-5-1-2-6-12)8-10-4-3-7-13-14(10)15(17(23)24)21-20-13/h3-4,7-8,12H,1-2,5-6H2,(H,19,22)(H,20,21)(H,23,24)/b11-8-. The number of nitriles is 1. The van der Waals surface area contributed by atoms with Gasteiger partial charge in [0.15, 0.2) is 5.69 Å². The first kappa shape index (κ1) is 15.7. The van der Waals surface area contributed by atoms with Gasteiger partial charge in [0.1, 0.15) is 11.6 Å². The monoisotopic (exact) mass is 324 g/mol. The minimum Gasteiger partial charge on any atom is -0.476 e. The highest BCUT2D eigenvalue weighted by atomic mass is 16.4. The van der Waals surface area contributed by atoms with Gasteiger partial charge >= 0.3 is 5.97 Å². The molecule has 0 aliphatic heterocycles. The van der Waals surface area contributed by atoms with Gasteiger partial charge < -0.3 is 10.4 Å². The van der Waals surface area contributed by atoms with E-state index in [4.69, 9.17) is 0 Å². The molecule has 0 unspecified atom stereocenters. The van der Waals surface area contributed by atoms with Gasteiger partial charge in [-0.15, -0.1) is 0 Å². The molecule has 1 aromatic carbocycles. The van der Waals surface area contributed by atoms with Gasteiger partial charge in [0, 0.05) is 11.4 Å². The van der Waals surface area contributed by atoms with E-state index in [1.807, 2.05) is 6.07 Å². The number of carboxylic acid groups (broad SMARTS) is 1. The highest BCUT2D eigenvalue weighted by Gasteiger charge is 2.20. The van der Waals surface area contributed by atoms with Crippen LogP contribution in [0, 0.1) is 11.3 Å². The Hall–Kier alpha value is -3.14. The third-order valence-corrected chi connectivity index (χ3v) is 4.18. The zero-order chi connectivity index (χ0) is 17.1. The Balaban J connectivity index is 1.97. The number of carbonyl (C=O) groups excluding carboxylic acids is 1. The lowest BCUT2D eigenvalue weighted by Crippen LogP contribution is -2.33. The molecule has 122 valence electrons. The Kier molecular flexibility index (Phi) is 4.29. The number of carboxylic acids is 1. The molecule has 2 aromatic rings. The van der Waals surface area contributed by atoms with Gasteiger partial charge in [-0.25, -0.2) is 4.79 Å². The summed E-state index contributed by atoms with van der Waals surface area (Å²) >= 11 is 0. The molecule has 3 N–H and O–H groups in total. The smallest absolute Gasteiger partial charge is 0.357 e. The number of aromatic carboxylic acids is 1.